The fourth-order valence-electron chi connectivity index (χ4n) is 2.42. The van der Waals surface area contributed by atoms with E-state index in [0.717, 1.165) is 5.92 Å². The monoisotopic (exact) mass is 189 g/mol. The van der Waals surface area contributed by atoms with Crippen LogP contribution >= 0.6 is 0 Å². The number of benzene rings is 1. The second kappa shape index (κ2) is 4.61. The van der Waals surface area contributed by atoms with E-state index in [0.29, 0.717) is 6.04 Å². The number of hydrogen-bond donors (Lipinski definition) is 1. The summed E-state index contributed by atoms with van der Waals surface area (Å²) in [6.45, 7) is 3.51. The van der Waals surface area contributed by atoms with Gasteiger partial charge in [-0.15, -0.1) is 0 Å². The van der Waals surface area contributed by atoms with Crippen molar-refractivity contribution in [3.05, 3.63) is 35.9 Å². The van der Waals surface area contributed by atoms with Crippen LogP contribution < -0.4 is 5.32 Å². The van der Waals surface area contributed by atoms with Crippen LogP contribution in [0.15, 0.2) is 30.3 Å². The minimum Gasteiger partial charge on any atom is -0.313 e. The lowest BCUT2D eigenvalue weighted by atomic mass is 9.93. The van der Waals surface area contributed by atoms with Crippen LogP contribution in [0.1, 0.15) is 25.3 Å². The average Bonchev–Trinajstić information content (AvgIpc) is 2.67. The maximum Gasteiger partial charge on any atom is 0.0136 e. The first-order valence-corrected chi connectivity index (χ1v) is 5.67. The van der Waals surface area contributed by atoms with Gasteiger partial charge in [-0.05, 0) is 30.9 Å². The molecule has 1 aliphatic heterocycles. The molecule has 1 heterocycles. The fourth-order valence-corrected chi connectivity index (χ4v) is 2.42. The van der Waals surface area contributed by atoms with Gasteiger partial charge in [0.25, 0.3) is 0 Å². The highest BCUT2D eigenvalue weighted by atomic mass is 14.9. The lowest BCUT2D eigenvalue weighted by molar-refractivity contribution is 0.433. The Morgan fingerprint density at radius 2 is 2.07 bits per heavy atom. The van der Waals surface area contributed by atoms with Crippen molar-refractivity contribution in [1.29, 1.82) is 0 Å². The fraction of sp³-hybridized carbons (Fsp3) is 0.538. The predicted octanol–water partition coefficient (Wildman–Crippen LogP) is 2.62. The Labute approximate surface area is 86.5 Å². The SMILES string of the molecule is CCC1CCNC1Cc1ccccc1. The van der Waals surface area contributed by atoms with Gasteiger partial charge in [0, 0.05) is 6.04 Å². The van der Waals surface area contributed by atoms with Crippen LogP contribution in [0.25, 0.3) is 0 Å². The molecule has 2 atom stereocenters. The van der Waals surface area contributed by atoms with Gasteiger partial charge >= 0.3 is 0 Å². The van der Waals surface area contributed by atoms with Gasteiger partial charge in [-0.2, -0.15) is 0 Å². The molecule has 0 radical (unpaired) electrons. The molecular weight excluding hydrogens is 170 g/mol. The van der Waals surface area contributed by atoms with Gasteiger partial charge in [-0.3, -0.25) is 0 Å². The third-order valence-corrected chi connectivity index (χ3v) is 3.31. The molecule has 76 valence electrons. The van der Waals surface area contributed by atoms with Crippen molar-refractivity contribution in [3.63, 3.8) is 0 Å². The standard InChI is InChI=1S/C13H19N/c1-2-12-8-9-14-13(12)10-11-6-4-3-5-7-11/h3-7,12-14H,2,8-10H2,1H3. The van der Waals surface area contributed by atoms with Crippen molar-refractivity contribution in [2.45, 2.75) is 32.2 Å². The second-order valence-corrected chi connectivity index (χ2v) is 4.21. The molecule has 0 aliphatic carbocycles. The van der Waals surface area contributed by atoms with Gasteiger partial charge < -0.3 is 5.32 Å². The van der Waals surface area contributed by atoms with E-state index in [9.17, 15) is 0 Å². The zero-order valence-corrected chi connectivity index (χ0v) is 8.87. The van der Waals surface area contributed by atoms with E-state index in [2.05, 4.69) is 42.6 Å². The first kappa shape index (κ1) is 9.72. The summed E-state index contributed by atoms with van der Waals surface area (Å²) in [4.78, 5) is 0. The second-order valence-electron chi connectivity index (χ2n) is 4.21. The zero-order valence-electron chi connectivity index (χ0n) is 8.87. The minimum atomic E-state index is 0.711. The Bertz CT molecular complexity index is 268. The van der Waals surface area contributed by atoms with Gasteiger partial charge in [0.1, 0.15) is 0 Å². The molecule has 1 saturated heterocycles. The Hall–Kier alpha value is -0.820. The smallest absolute Gasteiger partial charge is 0.0136 e. The molecule has 1 aromatic rings. The highest BCUT2D eigenvalue weighted by Crippen LogP contribution is 2.21. The molecule has 2 rings (SSSR count). The molecule has 1 heteroatoms. The largest absolute Gasteiger partial charge is 0.313 e. The predicted molar refractivity (Wildman–Crippen MR) is 60.3 cm³/mol. The van der Waals surface area contributed by atoms with E-state index in [1.165, 1.54) is 31.4 Å². The summed E-state index contributed by atoms with van der Waals surface area (Å²) < 4.78 is 0. The van der Waals surface area contributed by atoms with E-state index >= 15 is 0 Å². The molecule has 14 heavy (non-hydrogen) atoms. The average molecular weight is 189 g/mol. The lowest BCUT2D eigenvalue weighted by Gasteiger charge is -2.17. The number of rotatable bonds is 3. The van der Waals surface area contributed by atoms with Crippen molar-refractivity contribution in [2.24, 2.45) is 5.92 Å². The van der Waals surface area contributed by atoms with E-state index in [-0.39, 0.29) is 0 Å². The van der Waals surface area contributed by atoms with Crippen LogP contribution in [-0.2, 0) is 6.42 Å². The van der Waals surface area contributed by atoms with Gasteiger partial charge in [0.15, 0.2) is 0 Å². The van der Waals surface area contributed by atoms with Crippen LogP contribution in [0.5, 0.6) is 0 Å². The Morgan fingerprint density at radius 1 is 1.29 bits per heavy atom. The summed E-state index contributed by atoms with van der Waals surface area (Å²) in [6, 6.07) is 11.5. The molecule has 2 unspecified atom stereocenters. The van der Waals surface area contributed by atoms with E-state index in [1.807, 2.05) is 0 Å². The molecule has 1 fully saturated rings. The van der Waals surface area contributed by atoms with Crippen molar-refractivity contribution in [3.8, 4) is 0 Å². The summed E-state index contributed by atoms with van der Waals surface area (Å²) in [7, 11) is 0. The summed E-state index contributed by atoms with van der Waals surface area (Å²) in [6.07, 6.45) is 3.86. The molecule has 1 N–H and O–H groups in total. The summed E-state index contributed by atoms with van der Waals surface area (Å²) >= 11 is 0. The topological polar surface area (TPSA) is 12.0 Å². The Kier molecular flexibility index (Phi) is 3.20. The van der Waals surface area contributed by atoms with Crippen molar-refractivity contribution >= 4 is 0 Å². The van der Waals surface area contributed by atoms with Gasteiger partial charge in [0.2, 0.25) is 0 Å². The van der Waals surface area contributed by atoms with Crippen LogP contribution in [0.3, 0.4) is 0 Å². The molecular formula is C13H19N. The maximum atomic E-state index is 3.61. The molecule has 1 aromatic carbocycles. The van der Waals surface area contributed by atoms with Gasteiger partial charge in [-0.25, -0.2) is 0 Å². The molecule has 0 saturated carbocycles. The highest BCUT2D eigenvalue weighted by molar-refractivity contribution is 5.16. The molecule has 0 aromatic heterocycles. The summed E-state index contributed by atoms with van der Waals surface area (Å²) in [5.41, 5.74) is 1.46. The molecule has 0 spiro atoms. The molecule has 1 aliphatic rings. The Balaban J connectivity index is 1.97. The summed E-state index contributed by atoms with van der Waals surface area (Å²) in [5.74, 6) is 0.884. The summed E-state index contributed by atoms with van der Waals surface area (Å²) in [5, 5.41) is 3.61. The first-order valence-electron chi connectivity index (χ1n) is 5.67. The van der Waals surface area contributed by atoms with E-state index in [4.69, 9.17) is 0 Å². The molecule has 1 nitrogen and oxygen atoms in total. The highest BCUT2D eigenvalue weighted by Gasteiger charge is 2.24. The zero-order chi connectivity index (χ0) is 9.80. The lowest BCUT2D eigenvalue weighted by Crippen LogP contribution is -2.28. The quantitative estimate of drug-likeness (QED) is 0.770. The number of nitrogens with one attached hydrogen (secondary N) is 1. The first-order chi connectivity index (χ1) is 6.90. The molecule has 0 amide bonds. The number of hydrogen-bond acceptors (Lipinski definition) is 1. The normalized spacial score (nSPS) is 26.6. The Morgan fingerprint density at radius 3 is 2.79 bits per heavy atom. The van der Waals surface area contributed by atoms with Crippen molar-refractivity contribution < 1.29 is 0 Å². The van der Waals surface area contributed by atoms with Crippen LogP contribution in [0.2, 0.25) is 0 Å². The third kappa shape index (κ3) is 2.16. The van der Waals surface area contributed by atoms with Crippen molar-refractivity contribution in [2.75, 3.05) is 6.54 Å². The van der Waals surface area contributed by atoms with Crippen LogP contribution in [0.4, 0.5) is 0 Å². The van der Waals surface area contributed by atoms with Crippen LogP contribution in [0, 0.1) is 5.92 Å². The van der Waals surface area contributed by atoms with E-state index < -0.39 is 0 Å². The van der Waals surface area contributed by atoms with E-state index in [1.54, 1.807) is 0 Å². The van der Waals surface area contributed by atoms with Gasteiger partial charge in [-0.1, -0.05) is 43.7 Å². The van der Waals surface area contributed by atoms with Crippen LogP contribution in [-0.4, -0.2) is 12.6 Å². The van der Waals surface area contributed by atoms with Crippen molar-refractivity contribution in [1.82, 2.24) is 5.32 Å². The van der Waals surface area contributed by atoms with Gasteiger partial charge in [0.05, 0.1) is 0 Å². The minimum absolute atomic E-state index is 0.711. The molecule has 0 bridgehead atoms. The third-order valence-electron chi connectivity index (χ3n) is 3.31. The maximum absolute atomic E-state index is 3.61.